The van der Waals surface area contributed by atoms with Gasteiger partial charge in [0.2, 0.25) is 4.96 Å². The predicted molar refractivity (Wildman–Crippen MR) is 113 cm³/mol. The van der Waals surface area contributed by atoms with E-state index in [9.17, 15) is 4.79 Å². The highest BCUT2D eigenvalue weighted by Crippen LogP contribution is 2.29. The van der Waals surface area contributed by atoms with E-state index in [-0.39, 0.29) is 5.56 Å². The number of fused-ring (bicyclic) bond motifs is 1. The van der Waals surface area contributed by atoms with Crippen LogP contribution in [0.15, 0.2) is 56.3 Å². The Bertz CT molecular complexity index is 1460. The number of hydrogen-bond donors (Lipinski definition) is 0. The lowest BCUT2D eigenvalue weighted by Gasteiger charge is -1.99. The number of aromatic nitrogens is 3. The molecule has 0 aliphatic carbocycles. The van der Waals surface area contributed by atoms with Gasteiger partial charge in [0.05, 0.1) is 11.8 Å². The fraction of sp³-hybridized carbons (Fsp3) is 0.0500. The van der Waals surface area contributed by atoms with Gasteiger partial charge in [-0.3, -0.25) is 4.79 Å². The first-order chi connectivity index (χ1) is 14.0. The summed E-state index contributed by atoms with van der Waals surface area (Å²) < 4.78 is 12.9. The van der Waals surface area contributed by atoms with Gasteiger partial charge in [0.25, 0.3) is 5.56 Å². The SMILES string of the molecule is Cc1occc1-c1nc2s/c(=C\c3ccc(-c4cc(Cl)cc(Cl)c4)o3)c(=O)n2n1. The third-order valence-corrected chi connectivity index (χ3v) is 5.72. The van der Waals surface area contributed by atoms with Crippen molar-refractivity contribution in [2.75, 3.05) is 0 Å². The largest absolute Gasteiger partial charge is 0.469 e. The molecular formula is C20H11Cl2N3O3S. The Morgan fingerprint density at radius 3 is 2.62 bits per heavy atom. The van der Waals surface area contributed by atoms with Gasteiger partial charge in [-0.1, -0.05) is 34.5 Å². The second kappa shape index (κ2) is 6.88. The summed E-state index contributed by atoms with van der Waals surface area (Å²) in [5, 5.41) is 5.35. The highest BCUT2D eigenvalue weighted by Gasteiger charge is 2.15. The van der Waals surface area contributed by atoms with Crippen LogP contribution in [0.25, 0.3) is 33.7 Å². The highest BCUT2D eigenvalue weighted by molar-refractivity contribution is 7.15. The van der Waals surface area contributed by atoms with Crippen LogP contribution >= 0.6 is 34.5 Å². The highest BCUT2D eigenvalue weighted by atomic mass is 35.5. The predicted octanol–water partition coefficient (Wildman–Crippen LogP) is 4.83. The fourth-order valence-electron chi connectivity index (χ4n) is 2.98. The Hall–Kier alpha value is -2.87. The molecule has 4 heterocycles. The summed E-state index contributed by atoms with van der Waals surface area (Å²) in [5.41, 5.74) is 1.27. The smallest absolute Gasteiger partial charge is 0.291 e. The van der Waals surface area contributed by atoms with Gasteiger partial charge in [0, 0.05) is 21.7 Å². The van der Waals surface area contributed by atoms with E-state index in [0.29, 0.717) is 42.6 Å². The summed E-state index contributed by atoms with van der Waals surface area (Å²) >= 11 is 13.3. The van der Waals surface area contributed by atoms with Crippen molar-refractivity contribution in [3.05, 3.63) is 79.1 Å². The van der Waals surface area contributed by atoms with Crippen LogP contribution in [0.4, 0.5) is 0 Å². The number of aryl methyl sites for hydroxylation is 1. The maximum absolute atomic E-state index is 12.7. The molecule has 5 rings (SSSR count). The second-order valence-electron chi connectivity index (χ2n) is 6.30. The number of rotatable bonds is 3. The van der Waals surface area contributed by atoms with E-state index in [1.54, 1.807) is 48.7 Å². The summed E-state index contributed by atoms with van der Waals surface area (Å²) in [6, 6.07) is 10.5. The van der Waals surface area contributed by atoms with Gasteiger partial charge in [0.15, 0.2) is 5.82 Å². The van der Waals surface area contributed by atoms with Crippen LogP contribution in [-0.2, 0) is 0 Å². The third-order valence-electron chi connectivity index (χ3n) is 4.33. The molecule has 0 saturated heterocycles. The summed E-state index contributed by atoms with van der Waals surface area (Å²) in [5.74, 6) is 2.30. The summed E-state index contributed by atoms with van der Waals surface area (Å²) in [7, 11) is 0. The molecule has 0 radical (unpaired) electrons. The number of benzene rings is 1. The van der Waals surface area contributed by atoms with Gasteiger partial charge in [-0.15, -0.1) is 5.10 Å². The molecule has 9 heteroatoms. The van der Waals surface area contributed by atoms with Gasteiger partial charge in [-0.05, 0) is 43.3 Å². The van der Waals surface area contributed by atoms with Gasteiger partial charge in [-0.2, -0.15) is 9.50 Å². The third kappa shape index (κ3) is 3.27. The molecule has 0 spiro atoms. The fourth-order valence-corrected chi connectivity index (χ4v) is 4.39. The molecule has 0 aliphatic rings. The van der Waals surface area contributed by atoms with Gasteiger partial charge < -0.3 is 8.83 Å². The van der Waals surface area contributed by atoms with Crippen LogP contribution in [0, 0.1) is 6.92 Å². The lowest BCUT2D eigenvalue weighted by molar-refractivity contribution is 0.535. The maximum atomic E-state index is 12.7. The zero-order chi connectivity index (χ0) is 20.1. The summed E-state index contributed by atoms with van der Waals surface area (Å²) in [4.78, 5) is 17.7. The number of nitrogens with zero attached hydrogens (tertiary/aromatic N) is 3. The van der Waals surface area contributed by atoms with Crippen molar-refractivity contribution in [2.24, 2.45) is 0 Å². The van der Waals surface area contributed by atoms with E-state index in [1.807, 2.05) is 6.92 Å². The molecule has 0 unspecified atom stereocenters. The molecule has 0 saturated carbocycles. The molecular weight excluding hydrogens is 433 g/mol. The van der Waals surface area contributed by atoms with Gasteiger partial charge >= 0.3 is 0 Å². The minimum atomic E-state index is -0.256. The van der Waals surface area contributed by atoms with Crippen molar-refractivity contribution in [3.63, 3.8) is 0 Å². The molecule has 0 bridgehead atoms. The standard InChI is InChI=1S/C20H11Cl2N3O3S/c1-10-15(4-5-27-10)18-23-20-25(24-18)19(26)17(29-20)9-14-2-3-16(28-14)11-6-12(21)8-13(22)7-11/h2-9H,1H3/b17-9-. The van der Waals surface area contributed by atoms with Crippen molar-refractivity contribution >= 4 is 45.6 Å². The van der Waals surface area contributed by atoms with Crippen LogP contribution in [0.2, 0.25) is 10.0 Å². The lowest BCUT2D eigenvalue weighted by Crippen LogP contribution is -2.23. The monoisotopic (exact) mass is 443 g/mol. The van der Waals surface area contributed by atoms with Crippen molar-refractivity contribution in [3.8, 4) is 22.7 Å². The number of thiazole rings is 1. The molecule has 4 aromatic heterocycles. The van der Waals surface area contributed by atoms with E-state index in [4.69, 9.17) is 32.0 Å². The molecule has 29 heavy (non-hydrogen) atoms. The van der Waals surface area contributed by atoms with Crippen LogP contribution in [0.1, 0.15) is 11.5 Å². The zero-order valence-corrected chi connectivity index (χ0v) is 17.2. The van der Waals surface area contributed by atoms with Crippen LogP contribution in [0.5, 0.6) is 0 Å². The Balaban J connectivity index is 1.54. The molecule has 144 valence electrons. The molecule has 0 fully saturated rings. The van der Waals surface area contributed by atoms with E-state index >= 15 is 0 Å². The summed E-state index contributed by atoms with van der Waals surface area (Å²) in [6.07, 6.45) is 3.24. The molecule has 0 amide bonds. The Morgan fingerprint density at radius 1 is 1.14 bits per heavy atom. The Morgan fingerprint density at radius 2 is 1.93 bits per heavy atom. The first kappa shape index (κ1) is 18.2. The number of furan rings is 2. The molecule has 6 nitrogen and oxygen atoms in total. The van der Waals surface area contributed by atoms with Crippen molar-refractivity contribution in [2.45, 2.75) is 6.92 Å². The maximum Gasteiger partial charge on any atom is 0.291 e. The number of halogens is 2. The Kier molecular flexibility index (Phi) is 4.31. The molecule has 1 aromatic carbocycles. The average Bonchev–Trinajstić information content (AvgIpc) is 3.42. The van der Waals surface area contributed by atoms with E-state index in [2.05, 4.69) is 10.1 Å². The van der Waals surface area contributed by atoms with Crippen LogP contribution in [0.3, 0.4) is 0 Å². The minimum Gasteiger partial charge on any atom is -0.469 e. The molecule has 0 aliphatic heterocycles. The first-order valence-corrected chi connectivity index (χ1v) is 10.1. The molecule has 0 atom stereocenters. The molecule has 0 N–H and O–H groups in total. The first-order valence-electron chi connectivity index (χ1n) is 8.50. The zero-order valence-electron chi connectivity index (χ0n) is 14.8. The van der Waals surface area contributed by atoms with Crippen molar-refractivity contribution in [1.29, 1.82) is 0 Å². The topological polar surface area (TPSA) is 73.5 Å². The van der Waals surface area contributed by atoms with Gasteiger partial charge in [0.1, 0.15) is 21.8 Å². The molecule has 5 aromatic rings. The Labute approximate surface area is 177 Å². The van der Waals surface area contributed by atoms with Crippen molar-refractivity contribution < 1.29 is 8.83 Å². The van der Waals surface area contributed by atoms with Crippen LogP contribution < -0.4 is 10.1 Å². The average molecular weight is 444 g/mol. The van der Waals surface area contributed by atoms with Gasteiger partial charge in [-0.25, -0.2) is 0 Å². The van der Waals surface area contributed by atoms with E-state index in [0.717, 1.165) is 11.1 Å². The minimum absolute atomic E-state index is 0.256. The van der Waals surface area contributed by atoms with E-state index < -0.39 is 0 Å². The normalized spacial score (nSPS) is 12.3. The number of hydrogen-bond acceptors (Lipinski definition) is 6. The lowest BCUT2D eigenvalue weighted by atomic mass is 10.2. The van der Waals surface area contributed by atoms with E-state index in [1.165, 1.54) is 15.9 Å². The second-order valence-corrected chi connectivity index (χ2v) is 8.18. The quantitative estimate of drug-likeness (QED) is 0.399. The van der Waals surface area contributed by atoms with Crippen molar-refractivity contribution in [1.82, 2.24) is 14.6 Å². The summed E-state index contributed by atoms with van der Waals surface area (Å²) in [6.45, 7) is 1.82. The van der Waals surface area contributed by atoms with Crippen LogP contribution in [-0.4, -0.2) is 14.6 Å².